The first-order chi connectivity index (χ1) is 11.1. The van der Waals surface area contributed by atoms with Gasteiger partial charge in [0.1, 0.15) is 0 Å². The van der Waals surface area contributed by atoms with Gasteiger partial charge < -0.3 is 13.9 Å². The molecule has 24 heavy (non-hydrogen) atoms. The first-order valence-corrected chi connectivity index (χ1v) is 10.9. The molecule has 1 aromatic heterocycles. The van der Waals surface area contributed by atoms with E-state index in [0.717, 1.165) is 23.9 Å². The number of hydrogen-bond donors (Lipinski definition) is 1. The lowest BCUT2D eigenvalue weighted by Gasteiger charge is -2.36. The Balaban J connectivity index is 2.09. The summed E-state index contributed by atoms with van der Waals surface area (Å²) in [5, 5.41) is 9.34. The summed E-state index contributed by atoms with van der Waals surface area (Å²) < 4.78 is 11.5. The molecule has 0 amide bonds. The van der Waals surface area contributed by atoms with Crippen molar-refractivity contribution >= 4 is 14.3 Å². The highest BCUT2D eigenvalue weighted by atomic mass is 28.4. The number of aromatic carboxylic acids is 1. The maximum atomic E-state index is 11.2. The van der Waals surface area contributed by atoms with Crippen molar-refractivity contribution in [2.45, 2.75) is 45.3 Å². The summed E-state index contributed by atoms with van der Waals surface area (Å²) in [7, 11) is -1.76. The van der Waals surface area contributed by atoms with Crippen LogP contribution in [0, 0.1) is 0 Å². The zero-order valence-electron chi connectivity index (χ0n) is 14.9. The molecule has 2 aromatic rings. The number of carboxylic acids is 1. The van der Waals surface area contributed by atoms with Crippen LogP contribution in [0.15, 0.2) is 35.1 Å². The Morgan fingerprint density at radius 2 is 2.04 bits per heavy atom. The smallest absolute Gasteiger partial charge is 0.358 e. The first-order valence-electron chi connectivity index (χ1n) is 8.02. The standard InChI is InChI=1S/C18H25NO4Si/c1-18(2,3)24(4,5)23-10-9-13-7-6-8-14(11-13)16-15(17(20)21)19-12-22-16/h6-8,11-12H,9-10H2,1-5H3,(H,20,21). The molecule has 0 saturated heterocycles. The molecule has 130 valence electrons. The molecule has 1 N–H and O–H groups in total. The van der Waals surface area contributed by atoms with Gasteiger partial charge in [0.05, 0.1) is 0 Å². The zero-order chi connectivity index (χ0) is 18.0. The van der Waals surface area contributed by atoms with Gasteiger partial charge in [0, 0.05) is 12.2 Å². The van der Waals surface area contributed by atoms with Crippen molar-refractivity contribution in [2.75, 3.05) is 6.61 Å². The Kier molecular flexibility index (Phi) is 5.30. The number of rotatable bonds is 6. The Bertz CT molecular complexity index is 716. The fraction of sp³-hybridized carbons (Fsp3) is 0.444. The second-order valence-corrected chi connectivity index (χ2v) is 12.2. The molecule has 0 bridgehead atoms. The van der Waals surface area contributed by atoms with E-state index < -0.39 is 14.3 Å². The molecule has 2 rings (SSSR count). The maximum Gasteiger partial charge on any atom is 0.358 e. The SMILES string of the molecule is CC(C)(C)[Si](C)(C)OCCc1cccc(-c2ocnc2C(=O)O)c1. The van der Waals surface area contributed by atoms with Gasteiger partial charge in [-0.25, -0.2) is 9.78 Å². The molecule has 0 spiro atoms. The second-order valence-electron chi connectivity index (χ2n) is 7.39. The Morgan fingerprint density at radius 3 is 2.67 bits per heavy atom. The number of nitrogens with zero attached hydrogens (tertiary/aromatic N) is 1. The number of hydrogen-bond acceptors (Lipinski definition) is 4. The van der Waals surface area contributed by atoms with Crippen molar-refractivity contribution < 1.29 is 18.7 Å². The van der Waals surface area contributed by atoms with Gasteiger partial charge in [-0.05, 0) is 36.2 Å². The quantitative estimate of drug-likeness (QED) is 0.773. The third-order valence-corrected chi connectivity index (χ3v) is 9.16. The van der Waals surface area contributed by atoms with Crippen molar-refractivity contribution in [2.24, 2.45) is 0 Å². The molecule has 6 heteroatoms. The number of oxazole rings is 1. The predicted octanol–water partition coefficient (Wildman–Crippen LogP) is 4.60. The average Bonchev–Trinajstić information content (AvgIpc) is 2.96. The molecular formula is C18H25NO4Si. The van der Waals surface area contributed by atoms with Crippen molar-refractivity contribution in [1.82, 2.24) is 4.98 Å². The van der Waals surface area contributed by atoms with Gasteiger partial charge in [-0.3, -0.25) is 0 Å². The molecule has 1 aromatic carbocycles. The van der Waals surface area contributed by atoms with Crippen LogP contribution >= 0.6 is 0 Å². The Morgan fingerprint density at radius 1 is 1.33 bits per heavy atom. The van der Waals surface area contributed by atoms with E-state index in [1.165, 1.54) is 0 Å². The molecule has 0 unspecified atom stereocenters. The van der Waals surface area contributed by atoms with Crippen molar-refractivity contribution in [3.05, 3.63) is 41.9 Å². The highest BCUT2D eigenvalue weighted by Crippen LogP contribution is 2.36. The second kappa shape index (κ2) is 6.90. The van der Waals surface area contributed by atoms with Crippen LogP contribution in [0.1, 0.15) is 36.8 Å². The minimum atomic E-state index is -1.76. The van der Waals surface area contributed by atoms with E-state index in [0.29, 0.717) is 6.61 Å². The van der Waals surface area contributed by atoms with Crippen LogP contribution in [0.4, 0.5) is 0 Å². The molecule has 0 aliphatic heterocycles. The van der Waals surface area contributed by atoms with E-state index in [1.54, 1.807) is 0 Å². The highest BCUT2D eigenvalue weighted by Gasteiger charge is 2.36. The molecule has 5 nitrogen and oxygen atoms in total. The molecule has 0 aliphatic rings. The largest absolute Gasteiger partial charge is 0.476 e. The van der Waals surface area contributed by atoms with Crippen LogP contribution in [0.2, 0.25) is 18.1 Å². The van der Waals surface area contributed by atoms with Gasteiger partial charge in [0.25, 0.3) is 0 Å². The molecule has 0 radical (unpaired) electrons. The number of benzene rings is 1. The van der Waals surface area contributed by atoms with E-state index in [-0.39, 0.29) is 16.5 Å². The van der Waals surface area contributed by atoms with E-state index in [2.05, 4.69) is 38.8 Å². The van der Waals surface area contributed by atoms with Crippen LogP contribution in [0.25, 0.3) is 11.3 Å². The van der Waals surface area contributed by atoms with E-state index in [1.807, 2.05) is 24.3 Å². The minimum Gasteiger partial charge on any atom is -0.476 e. The third kappa shape index (κ3) is 4.13. The molecule has 0 aliphatic carbocycles. The van der Waals surface area contributed by atoms with Crippen molar-refractivity contribution in [1.29, 1.82) is 0 Å². The van der Waals surface area contributed by atoms with Crippen LogP contribution in [-0.2, 0) is 10.8 Å². The van der Waals surface area contributed by atoms with Gasteiger partial charge in [0.15, 0.2) is 26.2 Å². The summed E-state index contributed by atoms with van der Waals surface area (Å²) in [4.78, 5) is 14.9. The van der Waals surface area contributed by atoms with Gasteiger partial charge in [-0.2, -0.15) is 0 Å². The lowest BCUT2D eigenvalue weighted by molar-refractivity contribution is 0.0691. The highest BCUT2D eigenvalue weighted by molar-refractivity contribution is 6.74. The molecule has 0 fully saturated rings. The fourth-order valence-corrected chi connectivity index (χ4v) is 3.16. The lowest BCUT2D eigenvalue weighted by atomic mass is 10.1. The summed E-state index contributed by atoms with van der Waals surface area (Å²) in [5.41, 5.74) is 1.73. The van der Waals surface area contributed by atoms with Crippen LogP contribution < -0.4 is 0 Å². The van der Waals surface area contributed by atoms with Gasteiger partial charge in [-0.1, -0.05) is 39.0 Å². The van der Waals surface area contributed by atoms with Crippen LogP contribution in [0.5, 0.6) is 0 Å². The summed E-state index contributed by atoms with van der Waals surface area (Å²) in [6.45, 7) is 11.8. The van der Waals surface area contributed by atoms with E-state index >= 15 is 0 Å². The van der Waals surface area contributed by atoms with E-state index in [9.17, 15) is 4.79 Å². The predicted molar refractivity (Wildman–Crippen MR) is 95.8 cm³/mol. The van der Waals surface area contributed by atoms with Crippen LogP contribution in [-0.4, -0.2) is 31.0 Å². The third-order valence-electron chi connectivity index (χ3n) is 4.62. The Labute approximate surface area is 143 Å². The van der Waals surface area contributed by atoms with Crippen molar-refractivity contribution in [3.8, 4) is 11.3 Å². The van der Waals surface area contributed by atoms with Gasteiger partial charge in [-0.15, -0.1) is 0 Å². The maximum absolute atomic E-state index is 11.2. The molecular weight excluding hydrogens is 322 g/mol. The summed E-state index contributed by atoms with van der Waals surface area (Å²) in [6, 6.07) is 7.66. The number of carboxylic acid groups (broad SMARTS) is 1. The van der Waals surface area contributed by atoms with Crippen molar-refractivity contribution in [3.63, 3.8) is 0 Å². The zero-order valence-corrected chi connectivity index (χ0v) is 15.9. The normalized spacial score (nSPS) is 12.4. The monoisotopic (exact) mass is 347 g/mol. The lowest BCUT2D eigenvalue weighted by Crippen LogP contribution is -2.41. The average molecular weight is 347 g/mol. The topological polar surface area (TPSA) is 72.6 Å². The van der Waals surface area contributed by atoms with Crippen LogP contribution in [0.3, 0.4) is 0 Å². The summed E-state index contributed by atoms with van der Waals surface area (Å²) in [6.07, 6.45) is 1.93. The molecule has 1 heterocycles. The van der Waals surface area contributed by atoms with Gasteiger partial charge in [0.2, 0.25) is 0 Å². The molecule has 0 saturated carbocycles. The summed E-state index contributed by atoms with van der Waals surface area (Å²) >= 11 is 0. The summed E-state index contributed by atoms with van der Waals surface area (Å²) in [5.74, 6) is -0.805. The number of carbonyl (C=O) groups is 1. The first kappa shape index (κ1) is 18.4. The number of aromatic nitrogens is 1. The van der Waals surface area contributed by atoms with Gasteiger partial charge >= 0.3 is 5.97 Å². The fourth-order valence-electron chi connectivity index (χ4n) is 2.11. The Hall–Kier alpha value is -1.92. The minimum absolute atomic E-state index is 0.0651. The molecule has 0 atom stereocenters. The van der Waals surface area contributed by atoms with E-state index in [4.69, 9.17) is 13.9 Å².